The first-order valence-electron chi connectivity index (χ1n) is 12.8. The molecule has 210 valence electrons. The highest BCUT2D eigenvalue weighted by Crippen LogP contribution is 2.38. The molecular weight excluding hydrogens is 520 g/mol. The Balaban J connectivity index is 1.52. The van der Waals surface area contributed by atoms with Crippen molar-refractivity contribution in [3.8, 4) is 0 Å². The number of carbonyl (C=O) groups is 3. The molecule has 39 heavy (non-hydrogen) atoms. The van der Waals surface area contributed by atoms with Crippen LogP contribution in [0.25, 0.3) is 0 Å². The van der Waals surface area contributed by atoms with Crippen molar-refractivity contribution in [2.24, 2.45) is 0 Å². The molecule has 2 aromatic carbocycles. The molecule has 11 heteroatoms. The van der Waals surface area contributed by atoms with E-state index < -0.39 is 80.1 Å². The van der Waals surface area contributed by atoms with Crippen LogP contribution in [0, 0.1) is 0 Å². The molecule has 2 amide bonds. The Morgan fingerprint density at radius 3 is 2.18 bits per heavy atom. The van der Waals surface area contributed by atoms with Crippen molar-refractivity contribution in [2.75, 3.05) is 0 Å². The third-order valence-corrected chi connectivity index (χ3v) is 6.95. The fraction of sp³-hybridized carbons (Fsp3) is 0.464. The molecule has 2 fully saturated rings. The van der Waals surface area contributed by atoms with Gasteiger partial charge in [0.2, 0.25) is 5.92 Å². The van der Waals surface area contributed by atoms with Gasteiger partial charge in [-0.2, -0.15) is 0 Å². The van der Waals surface area contributed by atoms with Crippen LogP contribution in [0.2, 0.25) is 0 Å². The van der Waals surface area contributed by atoms with Gasteiger partial charge in [-0.25, -0.2) is 27.2 Å². The van der Waals surface area contributed by atoms with Crippen LogP contribution < -0.4 is 5.32 Å². The van der Waals surface area contributed by atoms with Crippen LogP contribution in [0.3, 0.4) is 0 Å². The number of benzene rings is 2. The molecule has 3 atom stereocenters. The smallest absolute Gasteiger partial charge is 0.410 e. The van der Waals surface area contributed by atoms with E-state index in [0.717, 1.165) is 4.90 Å². The fourth-order valence-corrected chi connectivity index (χ4v) is 4.87. The first kappa shape index (κ1) is 28.4. The molecule has 0 spiro atoms. The molecule has 1 N–H and O–H groups in total. The summed E-state index contributed by atoms with van der Waals surface area (Å²) < 4.78 is 67.7. The Morgan fingerprint density at radius 1 is 0.897 bits per heavy atom. The van der Waals surface area contributed by atoms with Gasteiger partial charge in [0.1, 0.15) is 12.7 Å². The van der Waals surface area contributed by atoms with Gasteiger partial charge in [0.05, 0.1) is 12.1 Å². The van der Waals surface area contributed by atoms with Gasteiger partial charge >= 0.3 is 12.2 Å². The lowest BCUT2D eigenvalue weighted by atomic mass is 9.88. The highest BCUT2D eigenvalue weighted by molar-refractivity contribution is 5.88. The molecule has 0 bridgehead atoms. The van der Waals surface area contributed by atoms with Gasteiger partial charge in [-0.3, -0.25) is 9.69 Å². The molecule has 2 aliphatic rings. The number of alkyl halides is 4. The van der Waals surface area contributed by atoms with Crippen molar-refractivity contribution < 1.29 is 41.4 Å². The van der Waals surface area contributed by atoms with Crippen molar-refractivity contribution in [3.63, 3.8) is 0 Å². The first-order chi connectivity index (χ1) is 18.5. The van der Waals surface area contributed by atoms with E-state index in [0.29, 0.717) is 11.1 Å². The van der Waals surface area contributed by atoms with Crippen LogP contribution in [0.15, 0.2) is 60.7 Å². The number of ketones is 1. The van der Waals surface area contributed by atoms with Crippen molar-refractivity contribution in [1.82, 2.24) is 10.2 Å². The Labute approximate surface area is 223 Å². The highest BCUT2D eigenvalue weighted by Gasteiger charge is 2.48. The number of rotatable bonds is 7. The maximum absolute atomic E-state index is 14.6. The number of Topliss-reactive ketones (excluding diaryl/α,β-unsaturated/α-hetero) is 1. The number of alkyl carbamates (subject to hydrolysis) is 1. The van der Waals surface area contributed by atoms with E-state index in [9.17, 15) is 31.9 Å². The summed E-state index contributed by atoms with van der Waals surface area (Å²) in [5, 5.41) is 2.16. The zero-order valence-corrected chi connectivity index (χ0v) is 21.2. The predicted molar refractivity (Wildman–Crippen MR) is 132 cm³/mol. The highest BCUT2D eigenvalue weighted by atomic mass is 19.3. The topological polar surface area (TPSA) is 84.9 Å². The van der Waals surface area contributed by atoms with Crippen LogP contribution in [0.5, 0.6) is 0 Å². The zero-order chi connectivity index (χ0) is 28.0. The summed E-state index contributed by atoms with van der Waals surface area (Å²) in [6.45, 7) is -0.192. The number of ether oxygens (including phenoxy) is 2. The SMILES string of the molecule is O=C(NC1CC(F)(F)CCC1=O)O[C@@H]1CCC(F)(F)C[C@@H]1N(Cc1ccccc1)C(=O)OCc1ccccc1. The lowest BCUT2D eigenvalue weighted by Gasteiger charge is -2.41. The fourth-order valence-electron chi connectivity index (χ4n) is 4.87. The lowest BCUT2D eigenvalue weighted by molar-refractivity contribution is -0.132. The summed E-state index contributed by atoms with van der Waals surface area (Å²) in [7, 11) is 0. The van der Waals surface area contributed by atoms with Crippen molar-refractivity contribution in [1.29, 1.82) is 0 Å². The van der Waals surface area contributed by atoms with Crippen LogP contribution in [-0.4, -0.2) is 52.9 Å². The standard InChI is InChI=1S/C28H30F4N2O5/c29-27(30)13-11-23(35)21(15-27)33-25(36)39-24-12-14-28(31,32)16-22(24)34(17-19-7-3-1-4-8-19)26(37)38-18-20-9-5-2-6-10-20/h1-10,21-22,24H,11-18H2,(H,33,36)/t21?,22-,24+/m0/s1. The maximum atomic E-state index is 14.6. The minimum Gasteiger partial charge on any atom is -0.445 e. The summed E-state index contributed by atoms with van der Waals surface area (Å²) in [5.74, 6) is -6.81. The molecule has 0 aliphatic heterocycles. The Morgan fingerprint density at radius 2 is 1.51 bits per heavy atom. The van der Waals surface area contributed by atoms with E-state index in [2.05, 4.69) is 5.32 Å². The third kappa shape index (κ3) is 7.93. The van der Waals surface area contributed by atoms with E-state index >= 15 is 0 Å². The first-order valence-corrected chi connectivity index (χ1v) is 12.8. The number of halogens is 4. The number of carbonyl (C=O) groups excluding carboxylic acids is 3. The van der Waals surface area contributed by atoms with E-state index in [-0.39, 0.29) is 19.6 Å². The number of hydrogen-bond acceptors (Lipinski definition) is 5. The van der Waals surface area contributed by atoms with Gasteiger partial charge in [-0.05, 0) is 17.5 Å². The molecule has 2 saturated carbocycles. The Hall–Kier alpha value is -3.63. The van der Waals surface area contributed by atoms with Crippen LogP contribution in [0.1, 0.15) is 49.7 Å². The molecule has 0 saturated heterocycles. The monoisotopic (exact) mass is 550 g/mol. The van der Waals surface area contributed by atoms with E-state index in [1.54, 1.807) is 60.7 Å². The van der Waals surface area contributed by atoms with E-state index in [4.69, 9.17) is 9.47 Å². The van der Waals surface area contributed by atoms with Crippen molar-refractivity contribution in [2.45, 2.75) is 81.7 Å². The number of hydrogen-bond donors (Lipinski definition) is 1. The molecule has 1 unspecified atom stereocenters. The van der Waals surface area contributed by atoms with Gasteiger partial charge in [0.15, 0.2) is 5.78 Å². The minimum atomic E-state index is -3.14. The number of amides is 2. The van der Waals surface area contributed by atoms with Crippen LogP contribution in [-0.2, 0) is 27.4 Å². The average molecular weight is 551 g/mol. The zero-order valence-electron chi connectivity index (χ0n) is 21.2. The predicted octanol–water partition coefficient (Wildman–Crippen LogP) is 5.86. The van der Waals surface area contributed by atoms with Crippen molar-refractivity contribution >= 4 is 18.0 Å². The normalized spacial score (nSPS) is 23.9. The lowest BCUT2D eigenvalue weighted by Crippen LogP contribution is -2.55. The summed E-state index contributed by atoms with van der Waals surface area (Å²) in [4.78, 5) is 39.1. The quantitative estimate of drug-likeness (QED) is 0.437. The Kier molecular flexibility index (Phi) is 8.76. The molecule has 2 aliphatic carbocycles. The van der Waals surface area contributed by atoms with E-state index in [1.807, 2.05) is 0 Å². The summed E-state index contributed by atoms with van der Waals surface area (Å²) in [6, 6.07) is 14.8. The molecule has 0 radical (unpaired) electrons. The summed E-state index contributed by atoms with van der Waals surface area (Å²) in [6.07, 6.45) is -6.76. The summed E-state index contributed by atoms with van der Waals surface area (Å²) >= 11 is 0. The average Bonchev–Trinajstić information content (AvgIpc) is 2.90. The van der Waals surface area contributed by atoms with Gasteiger partial charge in [-0.15, -0.1) is 0 Å². The van der Waals surface area contributed by atoms with Gasteiger partial charge in [0, 0.05) is 38.6 Å². The molecule has 4 rings (SSSR count). The second kappa shape index (κ2) is 12.0. The molecule has 7 nitrogen and oxygen atoms in total. The maximum Gasteiger partial charge on any atom is 0.410 e. The second-order valence-electron chi connectivity index (χ2n) is 9.99. The van der Waals surface area contributed by atoms with E-state index in [1.165, 1.54) is 0 Å². The van der Waals surface area contributed by atoms with Gasteiger partial charge in [0.25, 0.3) is 5.92 Å². The van der Waals surface area contributed by atoms with Crippen LogP contribution >= 0.6 is 0 Å². The number of nitrogens with zero attached hydrogens (tertiary/aromatic N) is 1. The van der Waals surface area contributed by atoms with Crippen molar-refractivity contribution in [3.05, 3.63) is 71.8 Å². The largest absolute Gasteiger partial charge is 0.445 e. The van der Waals surface area contributed by atoms with Gasteiger partial charge < -0.3 is 14.8 Å². The van der Waals surface area contributed by atoms with Crippen LogP contribution in [0.4, 0.5) is 27.2 Å². The van der Waals surface area contributed by atoms with Gasteiger partial charge in [-0.1, -0.05) is 60.7 Å². The molecule has 0 aromatic heterocycles. The number of nitrogens with one attached hydrogen (secondary N) is 1. The second-order valence-corrected chi connectivity index (χ2v) is 9.99. The molecule has 0 heterocycles. The Bertz CT molecular complexity index is 1150. The minimum absolute atomic E-state index is 0.0932. The summed E-state index contributed by atoms with van der Waals surface area (Å²) in [5.41, 5.74) is 1.34. The molecule has 2 aromatic rings. The third-order valence-electron chi connectivity index (χ3n) is 6.95. The molecular formula is C28H30F4N2O5.